The molecule has 1 heterocycles. The lowest BCUT2D eigenvalue weighted by atomic mass is 9.79. The number of fused-ring (bicyclic) bond motifs is 1. The molecule has 0 aromatic carbocycles. The number of aromatic nitrogens is 1. The number of hydrogen-bond acceptors (Lipinski definition) is 2. The number of aryl methyl sites for hydroxylation is 1. The summed E-state index contributed by atoms with van der Waals surface area (Å²) in [6.07, 6.45) is 3.12. The van der Waals surface area contributed by atoms with Gasteiger partial charge in [0.05, 0.1) is 11.3 Å². The maximum Gasteiger partial charge on any atom is 0.337 e. The maximum absolute atomic E-state index is 11.4. The fourth-order valence-corrected chi connectivity index (χ4v) is 2.89. The van der Waals surface area contributed by atoms with Gasteiger partial charge in [0.25, 0.3) is 0 Å². The van der Waals surface area contributed by atoms with E-state index in [1.165, 1.54) is 6.42 Å². The van der Waals surface area contributed by atoms with E-state index in [0.29, 0.717) is 17.4 Å². The maximum atomic E-state index is 11.4. The zero-order valence-corrected chi connectivity index (χ0v) is 12.2. The highest BCUT2D eigenvalue weighted by Gasteiger charge is 2.25. The van der Waals surface area contributed by atoms with Gasteiger partial charge < -0.3 is 5.11 Å². The van der Waals surface area contributed by atoms with E-state index in [1.54, 1.807) is 0 Å². The smallest absolute Gasteiger partial charge is 0.337 e. The first-order chi connectivity index (χ1) is 8.90. The molecule has 1 aromatic rings. The Morgan fingerprint density at radius 2 is 2.05 bits per heavy atom. The number of carbonyl (C=O) groups is 1. The van der Waals surface area contributed by atoms with Crippen molar-refractivity contribution < 1.29 is 9.90 Å². The van der Waals surface area contributed by atoms with Crippen LogP contribution in [0.3, 0.4) is 0 Å². The molecule has 0 saturated heterocycles. The largest absolute Gasteiger partial charge is 0.478 e. The van der Waals surface area contributed by atoms with Gasteiger partial charge >= 0.3 is 5.97 Å². The van der Waals surface area contributed by atoms with Crippen LogP contribution >= 0.6 is 0 Å². The minimum Gasteiger partial charge on any atom is -0.478 e. The molecule has 104 valence electrons. The summed E-state index contributed by atoms with van der Waals surface area (Å²) in [5.74, 6) is 0.594. The molecule has 0 amide bonds. The van der Waals surface area contributed by atoms with Crippen molar-refractivity contribution in [3.8, 4) is 0 Å². The van der Waals surface area contributed by atoms with Crippen LogP contribution in [0.2, 0.25) is 0 Å². The Balaban J connectivity index is 2.43. The molecule has 3 heteroatoms. The summed E-state index contributed by atoms with van der Waals surface area (Å²) in [5.41, 5.74) is 3.38. The summed E-state index contributed by atoms with van der Waals surface area (Å²) in [5, 5.41) is 9.35. The third-order valence-corrected chi connectivity index (χ3v) is 4.17. The van der Waals surface area contributed by atoms with E-state index in [2.05, 4.69) is 18.8 Å². The van der Waals surface area contributed by atoms with Crippen molar-refractivity contribution >= 4 is 5.97 Å². The number of nitrogens with zero attached hydrogens (tertiary/aromatic N) is 1. The second-order valence-corrected chi connectivity index (χ2v) is 6.23. The number of carboxylic acids is 1. The molecule has 0 spiro atoms. The van der Waals surface area contributed by atoms with Gasteiger partial charge in [-0.25, -0.2) is 4.79 Å². The Bertz CT molecular complexity index is 492. The lowest BCUT2D eigenvalue weighted by molar-refractivity contribution is 0.0694. The van der Waals surface area contributed by atoms with Crippen LogP contribution < -0.4 is 0 Å². The van der Waals surface area contributed by atoms with Crippen LogP contribution in [0, 0.1) is 11.8 Å². The first-order valence-corrected chi connectivity index (χ1v) is 7.16. The summed E-state index contributed by atoms with van der Waals surface area (Å²) in [6.45, 7) is 8.48. The van der Waals surface area contributed by atoms with Crippen molar-refractivity contribution in [1.82, 2.24) is 4.98 Å². The predicted octanol–water partition coefficient (Wildman–Crippen LogP) is 3.66. The Morgan fingerprint density at radius 1 is 1.37 bits per heavy atom. The fourth-order valence-electron chi connectivity index (χ4n) is 2.89. The minimum absolute atomic E-state index is 0.152. The molecule has 1 N–H and O–H groups in total. The van der Waals surface area contributed by atoms with E-state index in [4.69, 9.17) is 0 Å². The lowest BCUT2D eigenvalue weighted by Crippen LogP contribution is -2.22. The van der Waals surface area contributed by atoms with Crippen LogP contribution in [0.5, 0.6) is 0 Å². The van der Waals surface area contributed by atoms with Gasteiger partial charge in [0.2, 0.25) is 0 Å². The summed E-state index contributed by atoms with van der Waals surface area (Å²) in [4.78, 5) is 16.0. The average molecular weight is 261 g/mol. The van der Waals surface area contributed by atoms with Gasteiger partial charge in [-0.15, -0.1) is 0 Å². The van der Waals surface area contributed by atoms with E-state index in [-0.39, 0.29) is 5.92 Å². The number of carboxylic acid groups (broad SMARTS) is 1. The van der Waals surface area contributed by atoms with Crippen LogP contribution in [0.1, 0.15) is 67.3 Å². The summed E-state index contributed by atoms with van der Waals surface area (Å²) in [6, 6.07) is 1.87. The lowest BCUT2D eigenvalue weighted by Gasteiger charge is -2.28. The standard InChI is InChI=1S/C16H23NO2/c1-9(2)11-5-6-14-12(7-11)8-13(16(18)19)15(17-14)10(3)4/h8-11H,5-7H2,1-4H3,(H,18,19). The molecule has 1 aromatic heterocycles. The Hall–Kier alpha value is -1.38. The quantitative estimate of drug-likeness (QED) is 0.903. The number of aromatic carboxylic acids is 1. The molecule has 0 aliphatic heterocycles. The molecular formula is C16H23NO2. The molecule has 2 rings (SSSR count). The van der Waals surface area contributed by atoms with Gasteiger partial charge in [-0.2, -0.15) is 0 Å². The highest BCUT2D eigenvalue weighted by molar-refractivity contribution is 5.89. The first-order valence-electron chi connectivity index (χ1n) is 7.16. The van der Waals surface area contributed by atoms with Crippen LogP contribution in [-0.2, 0) is 12.8 Å². The molecule has 1 aliphatic rings. The number of hydrogen-bond donors (Lipinski definition) is 1. The normalized spacial score (nSPS) is 18.7. The minimum atomic E-state index is -0.856. The molecule has 0 bridgehead atoms. The zero-order chi connectivity index (χ0) is 14.2. The van der Waals surface area contributed by atoms with E-state index >= 15 is 0 Å². The van der Waals surface area contributed by atoms with Gasteiger partial charge in [-0.3, -0.25) is 4.98 Å². The molecule has 1 unspecified atom stereocenters. The van der Waals surface area contributed by atoms with Gasteiger partial charge in [-0.1, -0.05) is 27.7 Å². The summed E-state index contributed by atoms with van der Waals surface area (Å²) in [7, 11) is 0. The summed E-state index contributed by atoms with van der Waals surface area (Å²) >= 11 is 0. The van der Waals surface area contributed by atoms with Crippen molar-refractivity contribution in [2.45, 2.75) is 52.9 Å². The molecule has 0 radical (unpaired) electrons. The van der Waals surface area contributed by atoms with Crippen molar-refractivity contribution in [3.63, 3.8) is 0 Å². The van der Waals surface area contributed by atoms with Crippen molar-refractivity contribution in [2.24, 2.45) is 11.8 Å². The number of rotatable bonds is 3. The highest BCUT2D eigenvalue weighted by atomic mass is 16.4. The molecule has 1 atom stereocenters. The van der Waals surface area contributed by atoms with Crippen molar-refractivity contribution in [1.29, 1.82) is 0 Å². The van der Waals surface area contributed by atoms with Crippen LogP contribution in [0.15, 0.2) is 6.07 Å². The second kappa shape index (κ2) is 5.32. The second-order valence-electron chi connectivity index (χ2n) is 6.23. The fraction of sp³-hybridized carbons (Fsp3) is 0.625. The molecule has 0 saturated carbocycles. The molecule has 0 fully saturated rings. The summed E-state index contributed by atoms with van der Waals surface area (Å²) < 4.78 is 0. The van der Waals surface area contributed by atoms with E-state index in [9.17, 15) is 9.90 Å². The van der Waals surface area contributed by atoms with Gasteiger partial charge in [0, 0.05) is 5.69 Å². The van der Waals surface area contributed by atoms with Gasteiger partial charge in [-0.05, 0) is 48.6 Å². The van der Waals surface area contributed by atoms with Gasteiger partial charge in [0.15, 0.2) is 0 Å². The van der Waals surface area contributed by atoms with Crippen molar-refractivity contribution in [3.05, 3.63) is 28.6 Å². The van der Waals surface area contributed by atoms with Gasteiger partial charge in [0.1, 0.15) is 0 Å². The van der Waals surface area contributed by atoms with Crippen LogP contribution in [0.4, 0.5) is 0 Å². The van der Waals surface area contributed by atoms with E-state index in [1.807, 2.05) is 19.9 Å². The topological polar surface area (TPSA) is 50.2 Å². The van der Waals surface area contributed by atoms with Crippen LogP contribution in [-0.4, -0.2) is 16.1 Å². The van der Waals surface area contributed by atoms with E-state index in [0.717, 1.165) is 29.8 Å². The molecule has 19 heavy (non-hydrogen) atoms. The third-order valence-electron chi connectivity index (χ3n) is 4.17. The van der Waals surface area contributed by atoms with Crippen molar-refractivity contribution in [2.75, 3.05) is 0 Å². The Kier molecular flexibility index (Phi) is 3.93. The number of pyridine rings is 1. The Morgan fingerprint density at radius 3 is 2.58 bits per heavy atom. The first kappa shape index (κ1) is 14.0. The predicted molar refractivity (Wildman–Crippen MR) is 75.6 cm³/mol. The van der Waals surface area contributed by atoms with E-state index < -0.39 is 5.97 Å². The monoisotopic (exact) mass is 261 g/mol. The van der Waals surface area contributed by atoms with Crippen LogP contribution in [0.25, 0.3) is 0 Å². The Labute approximate surface area is 115 Å². The third kappa shape index (κ3) is 2.80. The average Bonchev–Trinajstić information content (AvgIpc) is 2.36. The highest BCUT2D eigenvalue weighted by Crippen LogP contribution is 2.31. The molecule has 1 aliphatic carbocycles. The molecular weight excluding hydrogens is 238 g/mol. The zero-order valence-electron chi connectivity index (χ0n) is 12.2. The SMILES string of the molecule is CC(C)c1nc2c(cc1C(=O)O)CC(C(C)C)CC2. The molecule has 3 nitrogen and oxygen atoms in total.